The van der Waals surface area contributed by atoms with Crippen LogP contribution in [0.1, 0.15) is 10.7 Å². The fourth-order valence-electron chi connectivity index (χ4n) is 2.23. The quantitative estimate of drug-likeness (QED) is 0.784. The van der Waals surface area contributed by atoms with E-state index in [-0.39, 0.29) is 0 Å². The fraction of sp³-hybridized carbons (Fsp3) is 0.636. The normalized spacial score (nSPS) is 17.9. The van der Waals surface area contributed by atoms with E-state index in [2.05, 4.69) is 30.2 Å². The summed E-state index contributed by atoms with van der Waals surface area (Å²) in [5.74, 6) is 0.804. The Hall–Kier alpha value is -1.38. The van der Waals surface area contributed by atoms with Gasteiger partial charge in [-0.3, -0.25) is 14.8 Å². The molecule has 0 N–H and O–H groups in total. The van der Waals surface area contributed by atoms with E-state index in [1.165, 1.54) is 9.67 Å². The van der Waals surface area contributed by atoms with Crippen LogP contribution in [-0.2, 0) is 20.1 Å². The van der Waals surface area contributed by atoms with Crippen LogP contribution in [0.25, 0.3) is 0 Å². The van der Waals surface area contributed by atoms with Crippen LogP contribution in [0.15, 0.2) is 11.7 Å². The maximum absolute atomic E-state index is 4.22. The summed E-state index contributed by atoms with van der Waals surface area (Å²) in [7, 11) is 1.80. The summed E-state index contributed by atoms with van der Waals surface area (Å²) in [6.45, 7) is 6.08. The topological polar surface area (TPSA) is 63.0 Å². The third kappa shape index (κ3) is 3.34. The van der Waals surface area contributed by atoms with Gasteiger partial charge in [0.15, 0.2) is 5.82 Å². The molecule has 3 rings (SSSR count). The predicted molar refractivity (Wildman–Crippen MR) is 71.5 cm³/mol. The third-order valence-corrected chi connectivity index (χ3v) is 4.01. The first kappa shape index (κ1) is 12.6. The molecule has 2 aromatic rings. The van der Waals surface area contributed by atoms with Crippen molar-refractivity contribution >= 4 is 11.3 Å². The largest absolute Gasteiger partial charge is 0.296 e. The van der Waals surface area contributed by atoms with Gasteiger partial charge >= 0.3 is 0 Å². The summed E-state index contributed by atoms with van der Waals surface area (Å²) in [5.41, 5.74) is 1.89. The number of hydrogen-bond acceptors (Lipinski definition) is 7. The van der Waals surface area contributed by atoms with Gasteiger partial charge in [-0.1, -0.05) is 0 Å². The van der Waals surface area contributed by atoms with E-state index >= 15 is 0 Å². The first-order valence-electron chi connectivity index (χ1n) is 6.34. The number of thiazole rings is 1. The number of tetrazole rings is 1. The second-order valence-electron chi connectivity index (χ2n) is 4.72. The molecule has 1 aliphatic rings. The molecule has 0 bridgehead atoms. The first-order chi connectivity index (χ1) is 9.29. The molecule has 1 saturated heterocycles. The Balaban J connectivity index is 1.46. The van der Waals surface area contributed by atoms with Gasteiger partial charge in [-0.25, -0.2) is 0 Å². The van der Waals surface area contributed by atoms with E-state index in [0.717, 1.165) is 45.1 Å². The van der Waals surface area contributed by atoms with E-state index in [0.29, 0.717) is 0 Å². The average molecular weight is 279 g/mol. The molecule has 0 radical (unpaired) electrons. The predicted octanol–water partition coefficient (Wildman–Crippen LogP) is -0.0156. The Morgan fingerprint density at radius 3 is 2.47 bits per heavy atom. The number of piperazine rings is 1. The zero-order valence-corrected chi connectivity index (χ0v) is 11.8. The maximum Gasteiger partial charge on any atom is 0.188 e. The molecule has 3 heterocycles. The Kier molecular flexibility index (Phi) is 3.81. The molecule has 0 amide bonds. The van der Waals surface area contributed by atoms with E-state index in [4.69, 9.17) is 0 Å². The minimum absolute atomic E-state index is 0.794. The van der Waals surface area contributed by atoms with Gasteiger partial charge in [0.1, 0.15) is 0 Å². The van der Waals surface area contributed by atoms with Crippen LogP contribution >= 0.6 is 11.3 Å². The molecule has 0 atom stereocenters. The summed E-state index contributed by atoms with van der Waals surface area (Å²) >= 11 is 1.73. The lowest BCUT2D eigenvalue weighted by Crippen LogP contribution is -2.45. The zero-order valence-electron chi connectivity index (χ0n) is 10.9. The van der Waals surface area contributed by atoms with Gasteiger partial charge in [-0.2, -0.15) is 4.80 Å². The van der Waals surface area contributed by atoms with Crippen LogP contribution in [0.2, 0.25) is 0 Å². The minimum atomic E-state index is 0.794. The van der Waals surface area contributed by atoms with Gasteiger partial charge in [0.2, 0.25) is 0 Å². The van der Waals surface area contributed by atoms with E-state index in [1.54, 1.807) is 18.4 Å². The molecule has 1 fully saturated rings. The van der Waals surface area contributed by atoms with Gasteiger partial charge < -0.3 is 0 Å². The van der Waals surface area contributed by atoms with Crippen LogP contribution < -0.4 is 0 Å². The maximum atomic E-state index is 4.22. The Morgan fingerprint density at radius 1 is 1.16 bits per heavy atom. The molecular formula is C11H17N7S. The van der Waals surface area contributed by atoms with Crippen LogP contribution in [0.4, 0.5) is 0 Å². The summed E-state index contributed by atoms with van der Waals surface area (Å²) in [6.07, 6.45) is 1.96. The summed E-state index contributed by atoms with van der Waals surface area (Å²) in [4.78, 5) is 11.8. The minimum Gasteiger partial charge on any atom is -0.296 e. The van der Waals surface area contributed by atoms with Crippen molar-refractivity contribution in [2.75, 3.05) is 26.2 Å². The van der Waals surface area contributed by atoms with E-state index < -0.39 is 0 Å². The van der Waals surface area contributed by atoms with Gasteiger partial charge in [0, 0.05) is 43.8 Å². The molecular weight excluding hydrogens is 262 g/mol. The zero-order chi connectivity index (χ0) is 13.1. The summed E-state index contributed by atoms with van der Waals surface area (Å²) in [5, 5.41) is 12.1. The Morgan fingerprint density at radius 2 is 1.89 bits per heavy atom. The van der Waals surface area contributed by atoms with Crippen LogP contribution in [0.5, 0.6) is 0 Å². The first-order valence-corrected chi connectivity index (χ1v) is 7.22. The molecule has 0 unspecified atom stereocenters. The number of nitrogens with zero attached hydrogens (tertiary/aromatic N) is 7. The molecule has 8 heteroatoms. The lowest BCUT2D eigenvalue weighted by Gasteiger charge is -2.33. The number of aromatic nitrogens is 5. The van der Waals surface area contributed by atoms with E-state index in [9.17, 15) is 0 Å². The van der Waals surface area contributed by atoms with Gasteiger partial charge in [-0.15, -0.1) is 21.5 Å². The van der Waals surface area contributed by atoms with Crippen molar-refractivity contribution in [1.29, 1.82) is 0 Å². The number of aryl methyl sites for hydroxylation is 1. The van der Waals surface area contributed by atoms with Crippen molar-refractivity contribution in [1.82, 2.24) is 35.0 Å². The molecule has 0 spiro atoms. The molecule has 0 aliphatic carbocycles. The van der Waals surface area contributed by atoms with Crippen LogP contribution in [-0.4, -0.2) is 61.2 Å². The fourth-order valence-corrected chi connectivity index (χ4v) is 2.87. The van der Waals surface area contributed by atoms with Crippen molar-refractivity contribution in [2.24, 2.45) is 7.05 Å². The highest BCUT2D eigenvalue weighted by molar-refractivity contribution is 7.09. The Bertz CT molecular complexity index is 501. The second kappa shape index (κ2) is 5.72. The molecule has 19 heavy (non-hydrogen) atoms. The molecule has 2 aromatic heterocycles. The molecule has 1 aliphatic heterocycles. The molecule has 7 nitrogen and oxygen atoms in total. The second-order valence-corrected chi connectivity index (χ2v) is 5.69. The SMILES string of the molecule is Cn1nnc(CN2CCN(Cc3cncs3)CC2)n1. The average Bonchev–Trinajstić information content (AvgIpc) is 3.04. The highest BCUT2D eigenvalue weighted by Crippen LogP contribution is 2.12. The molecule has 102 valence electrons. The molecule has 0 aromatic carbocycles. The van der Waals surface area contributed by atoms with Crippen molar-refractivity contribution < 1.29 is 0 Å². The lowest BCUT2D eigenvalue weighted by atomic mass is 10.3. The summed E-state index contributed by atoms with van der Waals surface area (Å²) in [6, 6.07) is 0. The third-order valence-electron chi connectivity index (χ3n) is 3.24. The van der Waals surface area contributed by atoms with Crippen molar-refractivity contribution in [3.05, 3.63) is 22.4 Å². The van der Waals surface area contributed by atoms with Crippen LogP contribution in [0, 0.1) is 0 Å². The van der Waals surface area contributed by atoms with Crippen molar-refractivity contribution in [3.8, 4) is 0 Å². The summed E-state index contributed by atoms with van der Waals surface area (Å²) < 4.78 is 0. The van der Waals surface area contributed by atoms with Gasteiger partial charge in [0.25, 0.3) is 0 Å². The highest BCUT2D eigenvalue weighted by atomic mass is 32.1. The Labute approximate surface area is 115 Å². The highest BCUT2D eigenvalue weighted by Gasteiger charge is 2.18. The molecule has 0 saturated carbocycles. The van der Waals surface area contributed by atoms with Gasteiger partial charge in [-0.05, 0) is 5.21 Å². The van der Waals surface area contributed by atoms with Crippen molar-refractivity contribution in [3.63, 3.8) is 0 Å². The smallest absolute Gasteiger partial charge is 0.188 e. The number of hydrogen-bond donors (Lipinski definition) is 0. The monoisotopic (exact) mass is 279 g/mol. The standard InChI is InChI=1S/C11H17N7S/c1-16-14-11(13-15-16)8-18-4-2-17(3-5-18)7-10-6-12-9-19-10/h6,9H,2-5,7-8H2,1H3. The number of rotatable bonds is 4. The van der Waals surface area contributed by atoms with Crippen LogP contribution in [0.3, 0.4) is 0 Å². The van der Waals surface area contributed by atoms with E-state index in [1.807, 2.05) is 11.7 Å². The lowest BCUT2D eigenvalue weighted by molar-refractivity contribution is 0.120. The van der Waals surface area contributed by atoms with Crippen molar-refractivity contribution in [2.45, 2.75) is 13.1 Å². The van der Waals surface area contributed by atoms with Gasteiger partial charge in [0.05, 0.1) is 19.1 Å².